The minimum atomic E-state index is 0.327. The van der Waals surface area contributed by atoms with E-state index in [0.29, 0.717) is 16.1 Å². The number of halogens is 2. The Morgan fingerprint density at radius 3 is 2.73 bits per heavy atom. The molecule has 2 rings (SSSR count). The topological polar surface area (TPSA) is 29.3 Å². The maximum atomic E-state index is 5.95. The zero-order valence-corrected chi connectivity index (χ0v) is 9.93. The van der Waals surface area contributed by atoms with Crippen molar-refractivity contribution in [1.29, 1.82) is 0 Å². The maximum Gasteiger partial charge on any atom is 0.0595 e. The highest BCUT2D eigenvalue weighted by atomic mass is 35.5. The van der Waals surface area contributed by atoms with Crippen LogP contribution in [0.2, 0.25) is 10.0 Å². The van der Waals surface area contributed by atoms with E-state index in [1.165, 1.54) is 5.56 Å². The van der Waals surface area contributed by atoms with Crippen molar-refractivity contribution in [2.45, 2.75) is 19.0 Å². The number of nitrogens with two attached hydrogens (primary N) is 1. The third-order valence-corrected chi connectivity index (χ3v) is 3.44. The van der Waals surface area contributed by atoms with E-state index < -0.39 is 0 Å². The molecule has 1 heterocycles. The molecule has 0 unspecified atom stereocenters. The van der Waals surface area contributed by atoms with Crippen LogP contribution in [0.5, 0.6) is 0 Å². The van der Waals surface area contributed by atoms with E-state index in [9.17, 15) is 0 Å². The normalized spacial score (nSPS) is 22.2. The van der Waals surface area contributed by atoms with Crippen molar-refractivity contribution in [3.8, 4) is 0 Å². The number of nitrogens with zero attached hydrogens (tertiary/aromatic N) is 1. The molecular formula is C11H14Cl2N2. The summed E-state index contributed by atoms with van der Waals surface area (Å²) in [6.45, 7) is 2.95. The maximum absolute atomic E-state index is 5.95. The molecule has 1 saturated heterocycles. The van der Waals surface area contributed by atoms with E-state index in [1.54, 1.807) is 0 Å². The second-order valence-corrected chi connectivity index (χ2v) is 4.85. The van der Waals surface area contributed by atoms with Crippen molar-refractivity contribution in [3.63, 3.8) is 0 Å². The average Bonchev–Trinajstić information content (AvgIpc) is 2.58. The molecule has 0 amide bonds. The Labute approximate surface area is 100.0 Å². The molecule has 0 aromatic heterocycles. The first kappa shape index (κ1) is 11.2. The molecular weight excluding hydrogens is 231 g/mol. The molecule has 15 heavy (non-hydrogen) atoms. The second-order valence-electron chi connectivity index (χ2n) is 4.03. The van der Waals surface area contributed by atoms with Crippen LogP contribution in [0.4, 0.5) is 0 Å². The lowest BCUT2D eigenvalue weighted by Crippen LogP contribution is -2.26. The molecule has 0 saturated carbocycles. The van der Waals surface area contributed by atoms with Gasteiger partial charge in [0.05, 0.1) is 10.0 Å². The molecule has 1 atom stereocenters. The second kappa shape index (κ2) is 4.71. The molecule has 0 aliphatic carbocycles. The van der Waals surface area contributed by atoms with Gasteiger partial charge in [0.2, 0.25) is 0 Å². The van der Waals surface area contributed by atoms with Gasteiger partial charge in [-0.3, -0.25) is 4.90 Å². The van der Waals surface area contributed by atoms with E-state index in [-0.39, 0.29) is 0 Å². The van der Waals surface area contributed by atoms with Crippen LogP contribution in [0.15, 0.2) is 18.2 Å². The Hall–Kier alpha value is -0.280. The molecule has 1 aromatic rings. The average molecular weight is 245 g/mol. The van der Waals surface area contributed by atoms with Gasteiger partial charge in [-0.2, -0.15) is 0 Å². The summed E-state index contributed by atoms with van der Waals surface area (Å²) in [7, 11) is 0. The first-order chi connectivity index (χ1) is 7.15. The van der Waals surface area contributed by atoms with Crippen LogP contribution in [-0.4, -0.2) is 24.0 Å². The van der Waals surface area contributed by atoms with Gasteiger partial charge in [-0.05, 0) is 24.1 Å². The van der Waals surface area contributed by atoms with Gasteiger partial charge in [0.25, 0.3) is 0 Å². The fourth-order valence-corrected chi connectivity index (χ4v) is 2.22. The predicted octanol–water partition coefficient (Wildman–Crippen LogP) is 2.53. The summed E-state index contributed by atoms with van der Waals surface area (Å²) in [4.78, 5) is 2.34. The summed E-state index contributed by atoms with van der Waals surface area (Å²) in [5.74, 6) is 0. The number of likely N-dealkylation sites (tertiary alicyclic amines) is 1. The van der Waals surface area contributed by atoms with Crippen molar-refractivity contribution < 1.29 is 0 Å². The van der Waals surface area contributed by atoms with Crippen LogP contribution >= 0.6 is 23.2 Å². The van der Waals surface area contributed by atoms with Crippen LogP contribution in [0, 0.1) is 0 Å². The molecule has 1 fully saturated rings. The predicted molar refractivity (Wildman–Crippen MR) is 64.3 cm³/mol. The van der Waals surface area contributed by atoms with Gasteiger partial charge >= 0.3 is 0 Å². The molecule has 4 heteroatoms. The van der Waals surface area contributed by atoms with Gasteiger partial charge < -0.3 is 5.73 Å². The molecule has 0 radical (unpaired) electrons. The summed E-state index contributed by atoms with van der Waals surface area (Å²) >= 11 is 11.8. The highest BCUT2D eigenvalue weighted by Crippen LogP contribution is 2.23. The lowest BCUT2D eigenvalue weighted by Gasteiger charge is -2.15. The Kier molecular flexibility index (Phi) is 3.52. The Balaban J connectivity index is 2.02. The van der Waals surface area contributed by atoms with Gasteiger partial charge in [0.15, 0.2) is 0 Å². The standard InChI is InChI=1S/C11H14Cl2N2/c12-10-2-1-8(5-11(10)13)6-15-4-3-9(14)7-15/h1-2,5,9H,3-4,6-7,14H2/t9-/m1/s1. The monoisotopic (exact) mass is 244 g/mol. The van der Waals surface area contributed by atoms with Crippen LogP contribution in [-0.2, 0) is 6.54 Å². The van der Waals surface area contributed by atoms with Crippen molar-refractivity contribution in [2.75, 3.05) is 13.1 Å². The first-order valence-electron chi connectivity index (χ1n) is 5.07. The van der Waals surface area contributed by atoms with Gasteiger partial charge in [-0.15, -0.1) is 0 Å². The van der Waals surface area contributed by atoms with Crippen molar-refractivity contribution in [1.82, 2.24) is 4.90 Å². The van der Waals surface area contributed by atoms with E-state index in [4.69, 9.17) is 28.9 Å². The third kappa shape index (κ3) is 2.85. The zero-order chi connectivity index (χ0) is 10.8. The Morgan fingerprint density at radius 2 is 2.13 bits per heavy atom. The minimum absolute atomic E-state index is 0.327. The van der Waals surface area contributed by atoms with E-state index in [2.05, 4.69) is 4.90 Å². The molecule has 0 bridgehead atoms. The highest BCUT2D eigenvalue weighted by molar-refractivity contribution is 6.42. The zero-order valence-electron chi connectivity index (χ0n) is 8.42. The minimum Gasteiger partial charge on any atom is -0.326 e. The summed E-state index contributed by atoms with van der Waals surface area (Å²) in [6.07, 6.45) is 1.08. The van der Waals surface area contributed by atoms with Gasteiger partial charge in [-0.1, -0.05) is 29.3 Å². The van der Waals surface area contributed by atoms with E-state index in [1.807, 2.05) is 18.2 Å². The van der Waals surface area contributed by atoms with Crippen molar-refractivity contribution >= 4 is 23.2 Å². The lowest BCUT2D eigenvalue weighted by molar-refractivity contribution is 0.327. The molecule has 2 N–H and O–H groups in total. The number of rotatable bonds is 2. The summed E-state index contributed by atoms with van der Waals surface area (Å²) < 4.78 is 0. The summed E-state index contributed by atoms with van der Waals surface area (Å²) in [5, 5.41) is 1.23. The van der Waals surface area contributed by atoms with E-state index >= 15 is 0 Å². The smallest absolute Gasteiger partial charge is 0.0595 e. The number of benzene rings is 1. The SMILES string of the molecule is N[C@@H]1CCN(Cc2ccc(Cl)c(Cl)c2)C1. The quantitative estimate of drug-likeness (QED) is 0.867. The molecule has 0 spiro atoms. The largest absolute Gasteiger partial charge is 0.326 e. The fourth-order valence-electron chi connectivity index (χ4n) is 1.90. The lowest BCUT2D eigenvalue weighted by atomic mass is 10.2. The first-order valence-corrected chi connectivity index (χ1v) is 5.82. The molecule has 1 aliphatic rings. The Bertz CT molecular complexity index is 354. The highest BCUT2D eigenvalue weighted by Gasteiger charge is 2.18. The fraction of sp³-hybridized carbons (Fsp3) is 0.455. The van der Waals surface area contributed by atoms with Crippen molar-refractivity contribution in [2.24, 2.45) is 5.73 Å². The van der Waals surface area contributed by atoms with Gasteiger partial charge in [0, 0.05) is 25.7 Å². The summed E-state index contributed by atoms with van der Waals surface area (Å²) in [5.41, 5.74) is 7.04. The van der Waals surface area contributed by atoms with Gasteiger partial charge in [0.1, 0.15) is 0 Å². The van der Waals surface area contributed by atoms with Gasteiger partial charge in [-0.25, -0.2) is 0 Å². The molecule has 1 aliphatic heterocycles. The van der Waals surface area contributed by atoms with Crippen LogP contribution in [0.25, 0.3) is 0 Å². The van der Waals surface area contributed by atoms with E-state index in [0.717, 1.165) is 26.1 Å². The molecule has 1 aromatic carbocycles. The van der Waals surface area contributed by atoms with Crippen LogP contribution in [0.3, 0.4) is 0 Å². The third-order valence-electron chi connectivity index (χ3n) is 2.70. The van der Waals surface area contributed by atoms with Crippen molar-refractivity contribution in [3.05, 3.63) is 33.8 Å². The number of hydrogen-bond acceptors (Lipinski definition) is 2. The number of hydrogen-bond donors (Lipinski definition) is 1. The molecule has 82 valence electrons. The molecule has 2 nitrogen and oxygen atoms in total. The van der Waals surface area contributed by atoms with Crippen LogP contribution < -0.4 is 5.73 Å². The Morgan fingerprint density at radius 1 is 1.33 bits per heavy atom. The van der Waals surface area contributed by atoms with Crippen LogP contribution in [0.1, 0.15) is 12.0 Å². The summed E-state index contributed by atoms with van der Waals surface area (Å²) in [6, 6.07) is 6.11.